The van der Waals surface area contributed by atoms with E-state index in [4.69, 9.17) is 0 Å². The van der Waals surface area contributed by atoms with Gasteiger partial charge in [0.1, 0.15) is 0 Å². The third-order valence-electron chi connectivity index (χ3n) is 5.70. The number of aryl methyl sites for hydroxylation is 1. The van der Waals surface area contributed by atoms with Crippen molar-refractivity contribution in [3.05, 3.63) is 70.8 Å². The fourth-order valence-electron chi connectivity index (χ4n) is 3.80. The average molecular weight is 347 g/mol. The Kier molecular flexibility index (Phi) is 6.76. The maximum Gasteiger partial charge on any atom is 0.0568 e. The van der Waals surface area contributed by atoms with Crippen LogP contribution in [0.4, 0.5) is 0 Å². The monoisotopic (exact) mass is 346 g/mol. The van der Waals surface area contributed by atoms with Crippen LogP contribution >= 0.6 is 0 Å². The van der Waals surface area contributed by atoms with Gasteiger partial charge in [0.25, 0.3) is 0 Å². The van der Waals surface area contributed by atoms with Gasteiger partial charge < -0.3 is 0 Å². The Balaban J connectivity index is 1.53. The summed E-state index contributed by atoms with van der Waals surface area (Å²) in [7, 11) is 0. The van der Waals surface area contributed by atoms with Crippen LogP contribution < -0.4 is 0 Å². The van der Waals surface area contributed by atoms with Crippen LogP contribution in [-0.4, -0.2) is 12.4 Å². The molecule has 0 N–H and O–H groups in total. The summed E-state index contributed by atoms with van der Waals surface area (Å²) in [4.78, 5) is 0. The second-order valence-electron chi connectivity index (χ2n) is 7.38. The smallest absolute Gasteiger partial charge is 0.0568 e. The third-order valence-corrected chi connectivity index (χ3v) is 5.70. The average Bonchev–Trinajstić information content (AvgIpc) is 2.72. The topological polar surface area (TPSA) is 24.7 Å². The second-order valence-corrected chi connectivity index (χ2v) is 7.38. The third kappa shape index (κ3) is 5.14. The van der Waals surface area contributed by atoms with Crippen molar-refractivity contribution in [3.63, 3.8) is 0 Å². The first-order chi connectivity index (χ1) is 12.8. The van der Waals surface area contributed by atoms with Gasteiger partial charge >= 0.3 is 0 Å². The van der Waals surface area contributed by atoms with Crippen molar-refractivity contribution >= 4 is 12.4 Å². The van der Waals surface area contributed by atoms with Gasteiger partial charge in [-0.15, -0.1) is 0 Å². The maximum absolute atomic E-state index is 4.19. The van der Waals surface area contributed by atoms with Crippen molar-refractivity contribution < 1.29 is 0 Å². The molecule has 0 aliphatic heterocycles. The molecule has 0 saturated heterocycles. The molecule has 136 valence electrons. The Hall–Kier alpha value is -2.22. The summed E-state index contributed by atoms with van der Waals surface area (Å²) in [6, 6.07) is 17.3. The maximum atomic E-state index is 4.19. The van der Waals surface area contributed by atoms with Gasteiger partial charge in [0.05, 0.1) is 12.4 Å². The zero-order valence-corrected chi connectivity index (χ0v) is 16.1. The zero-order valence-electron chi connectivity index (χ0n) is 16.1. The molecule has 0 unspecified atom stereocenters. The lowest BCUT2D eigenvalue weighted by Gasteiger charge is -2.28. The Morgan fingerprint density at radius 3 is 1.81 bits per heavy atom. The highest BCUT2D eigenvalue weighted by molar-refractivity contribution is 5.82. The van der Waals surface area contributed by atoms with Gasteiger partial charge in [-0.2, -0.15) is 10.2 Å². The molecule has 0 spiro atoms. The van der Waals surface area contributed by atoms with E-state index in [2.05, 4.69) is 72.6 Å². The van der Waals surface area contributed by atoms with Crippen LogP contribution in [0, 0.1) is 5.92 Å². The molecule has 3 rings (SSSR count). The van der Waals surface area contributed by atoms with E-state index < -0.39 is 0 Å². The van der Waals surface area contributed by atoms with Crippen molar-refractivity contribution in [2.75, 3.05) is 0 Å². The van der Waals surface area contributed by atoms with E-state index in [0.29, 0.717) is 0 Å². The lowest BCUT2D eigenvalue weighted by Crippen LogP contribution is -2.12. The van der Waals surface area contributed by atoms with Crippen LogP contribution in [0.2, 0.25) is 0 Å². The number of hydrogen-bond donors (Lipinski definition) is 0. The molecule has 0 atom stereocenters. The van der Waals surface area contributed by atoms with Gasteiger partial charge in [-0.3, -0.25) is 0 Å². The molecule has 2 nitrogen and oxygen atoms in total. The van der Waals surface area contributed by atoms with Crippen LogP contribution in [0.15, 0.2) is 58.7 Å². The number of nitrogens with zero attached hydrogens (tertiary/aromatic N) is 2. The Bertz CT molecular complexity index is 718. The summed E-state index contributed by atoms with van der Waals surface area (Å²) in [6.07, 6.45) is 11.5. The van der Waals surface area contributed by atoms with Crippen molar-refractivity contribution in [2.24, 2.45) is 16.1 Å². The zero-order chi connectivity index (χ0) is 18.2. The van der Waals surface area contributed by atoms with E-state index in [0.717, 1.165) is 29.4 Å². The van der Waals surface area contributed by atoms with Gasteiger partial charge in [0.15, 0.2) is 0 Å². The summed E-state index contributed by atoms with van der Waals surface area (Å²) in [5, 5.41) is 8.35. The SMILES string of the molecule is CCc1ccc(C=NN=Cc2ccc(C3CCC(CC)CC3)cc2)cc1. The Labute approximate surface area is 158 Å². The molecule has 26 heavy (non-hydrogen) atoms. The number of benzene rings is 2. The molecule has 0 amide bonds. The van der Waals surface area contributed by atoms with Gasteiger partial charge in [-0.1, -0.05) is 68.8 Å². The van der Waals surface area contributed by atoms with Crippen molar-refractivity contribution in [1.82, 2.24) is 0 Å². The minimum Gasteiger partial charge on any atom is -0.159 e. The second kappa shape index (κ2) is 9.47. The summed E-state index contributed by atoms with van der Waals surface area (Å²) >= 11 is 0. The van der Waals surface area contributed by atoms with Gasteiger partial charge in [-0.25, -0.2) is 0 Å². The molecule has 2 aromatic rings. The lowest BCUT2D eigenvalue weighted by atomic mass is 9.78. The fourth-order valence-corrected chi connectivity index (χ4v) is 3.80. The van der Waals surface area contributed by atoms with E-state index >= 15 is 0 Å². The first-order valence-corrected chi connectivity index (χ1v) is 10.0. The molecule has 1 saturated carbocycles. The van der Waals surface area contributed by atoms with E-state index in [-0.39, 0.29) is 0 Å². The molecule has 2 aromatic carbocycles. The van der Waals surface area contributed by atoms with Crippen molar-refractivity contribution in [1.29, 1.82) is 0 Å². The Morgan fingerprint density at radius 2 is 1.31 bits per heavy atom. The van der Waals surface area contributed by atoms with E-state index in [1.165, 1.54) is 43.2 Å². The fraction of sp³-hybridized carbons (Fsp3) is 0.417. The van der Waals surface area contributed by atoms with Crippen molar-refractivity contribution in [2.45, 2.75) is 58.3 Å². The van der Waals surface area contributed by atoms with Crippen molar-refractivity contribution in [3.8, 4) is 0 Å². The summed E-state index contributed by atoms with van der Waals surface area (Å²) < 4.78 is 0. The van der Waals surface area contributed by atoms with Crippen LogP contribution in [0.1, 0.15) is 74.1 Å². The highest BCUT2D eigenvalue weighted by Crippen LogP contribution is 2.36. The molecule has 1 aliphatic carbocycles. The van der Waals surface area contributed by atoms with Gasteiger partial charge in [0, 0.05) is 0 Å². The molecule has 1 fully saturated rings. The van der Waals surface area contributed by atoms with Crippen LogP contribution in [0.5, 0.6) is 0 Å². The standard InChI is InChI=1S/C24H30N2/c1-3-19-5-7-21(8-6-19)17-25-26-18-22-11-15-24(16-12-22)23-13-9-20(4-2)10-14-23/h5-8,11-12,15-18,20,23H,3-4,9-10,13-14H2,1-2H3. The summed E-state index contributed by atoms with van der Waals surface area (Å²) in [5.74, 6) is 1.70. The van der Waals surface area contributed by atoms with Crippen LogP contribution in [0.25, 0.3) is 0 Å². The van der Waals surface area contributed by atoms with Crippen LogP contribution in [0.3, 0.4) is 0 Å². The summed E-state index contributed by atoms with van der Waals surface area (Å²) in [5.41, 5.74) is 5.01. The molecule has 0 aromatic heterocycles. The van der Waals surface area contributed by atoms with Gasteiger partial charge in [-0.05, 0) is 66.2 Å². The number of rotatable bonds is 6. The first-order valence-electron chi connectivity index (χ1n) is 10.0. The minimum absolute atomic E-state index is 0.743. The molecular weight excluding hydrogens is 316 g/mol. The first kappa shape index (κ1) is 18.6. The highest BCUT2D eigenvalue weighted by Gasteiger charge is 2.20. The molecule has 0 radical (unpaired) electrons. The molecule has 0 heterocycles. The normalized spacial score (nSPS) is 20.8. The minimum atomic E-state index is 0.743. The number of hydrogen-bond acceptors (Lipinski definition) is 2. The van der Waals surface area contributed by atoms with E-state index in [1.54, 1.807) is 6.21 Å². The predicted molar refractivity (Wildman–Crippen MR) is 112 cm³/mol. The predicted octanol–water partition coefficient (Wildman–Crippen LogP) is 6.39. The lowest BCUT2D eigenvalue weighted by molar-refractivity contribution is 0.319. The largest absolute Gasteiger partial charge is 0.159 e. The molecular formula is C24H30N2. The van der Waals surface area contributed by atoms with E-state index in [1.807, 2.05) is 6.21 Å². The highest BCUT2D eigenvalue weighted by atomic mass is 15.2. The van der Waals surface area contributed by atoms with Gasteiger partial charge in [0.2, 0.25) is 0 Å². The molecule has 1 aliphatic rings. The quantitative estimate of drug-likeness (QED) is 0.428. The summed E-state index contributed by atoms with van der Waals surface area (Å²) in [6.45, 7) is 4.48. The molecule has 0 bridgehead atoms. The van der Waals surface area contributed by atoms with Crippen LogP contribution in [-0.2, 0) is 6.42 Å². The Morgan fingerprint density at radius 1 is 0.769 bits per heavy atom. The molecule has 2 heteroatoms. The van der Waals surface area contributed by atoms with E-state index in [9.17, 15) is 0 Å².